The number of nitrogens with zero attached hydrogens (tertiary/aromatic N) is 2. The molecular formula is C25H23N3O2. The lowest BCUT2D eigenvalue weighted by molar-refractivity contribution is 0.0928. The van der Waals surface area contributed by atoms with Crippen molar-refractivity contribution < 1.29 is 9.32 Å². The van der Waals surface area contributed by atoms with Gasteiger partial charge in [0.15, 0.2) is 0 Å². The summed E-state index contributed by atoms with van der Waals surface area (Å²) in [5.74, 6) is 0.721. The summed E-state index contributed by atoms with van der Waals surface area (Å²) < 4.78 is 5.57. The number of nitrogens with one attached hydrogen (secondary N) is 1. The van der Waals surface area contributed by atoms with E-state index in [1.165, 1.54) is 0 Å². The first kappa shape index (κ1) is 19.6. The summed E-state index contributed by atoms with van der Waals surface area (Å²) in [6.45, 7) is 4.01. The number of carbonyl (C=O) groups is 1. The van der Waals surface area contributed by atoms with E-state index < -0.39 is 6.04 Å². The first-order chi connectivity index (χ1) is 14.6. The van der Waals surface area contributed by atoms with Crippen molar-refractivity contribution in [3.8, 4) is 11.4 Å². The summed E-state index contributed by atoms with van der Waals surface area (Å²) in [5.41, 5.74) is 4.77. The lowest BCUT2D eigenvalue weighted by Crippen LogP contribution is -2.30. The number of hydrogen-bond acceptors (Lipinski definition) is 4. The molecule has 150 valence electrons. The molecular weight excluding hydrogens is 374 g/mol. The van der Waals surface area contributed by atoms with Crippen molar-refractivity contribution >= 4 is 5.91 Å². The van der Waals surface area contributed by atoms with Gasteiger partial charge in [0, 0.05) is 17.5 Å². The molecule has 0 aliphatic carbocycles. The minimum Gasteiger partial charge on any atom is -0.340 e. The van der Waals surface area contributed by atoms with Crippen molar-refractivity contribution in [3.05, 3.63) is 107 Å². The van der Waals surface area contributed by atoms with Crippen molar-refractivity contribution in [3.63, 3.8) is 0 Å². The monoisotopic (exact) mass is 397 g/mol. The average molecular weight is 397 g/mol. The van der Waals surface area contributed by atoms with E-state index in [0.717, 1.165) is 22.3 Å². The molecule has 5 nitrogen and oxygen atoms in total. The molecule has 1 heterocycles. The summed E-state index contributed by atoms with van der Waals surface area (Å²) in [4.78, 5) is 17.4. The third kappa shape index (κ3) is 4.63. The van der Waals surface area contributed by atoms with Crippen LogP contribution < -0.4 is 5.32 Å². The van der Waals surface area contributed by atoms with Gasteiger partial charge in [0.25, 0.3) is 5.91 Å². The highest BCUT2D eigenvalue weighted by atomic mass is 16.5. The molecule has 1 amide bonds. The smallest absolute Gasteiger partial charge is 0.251 e. The summed E-state index contributed by atoms with van der Waals surface area (Å²) in [5, 5.41) is 7.20. The molecule has 1 N–H and O–H groups in total. The number of aryl methyl sites for hydroxylation is 2. The molecule has 30 heavy (non-hydrogen) atoms. The molecule has 0 unspecified atom stereocenters. The Hall–Kier alpha value is -3.73. The number of rotatable bonds is 6. The molecule has 4 aromatic rings. The summed E-state index contributed by atoms with van der Waals surface area (Å²) in [7, 11) is 0. The third-order valence-electron chi connectivity index (χ3n) is 4.92. The van der Waals surface area contributed by atoms with E-state index in [-0.39, 0.29) is 5.91 Å². The van der Waals surface area contributed by atoms with Gasteiger partial charge in [0.2, 0.25) is 11.7 Å². The lowest BCUT2D eigenvalue weighted by atomic mass is 10.0. The van der Waals surface area contributed by atoms with Crippen LogP contribution in [0, 0.1) is 13.8 Å². The standard InChI is InChI=1S/C25H23N3O2/c1-17-11-13-20(14-12-17)24(29)26-22(16-19-8-4-3-5-9-19)25-27-23(28-30-25)21-10-6-7-18(2)15-21/h3-15,22H,16H2,1-2H3,(H,26,29)/t22-/m1/s1. The fraction of sp³-hybridized carbons (Fsp3) is 0.160. The van der Waals surface area contributed by atoms with Gasteiger partial charge in [-0.2, -0.15) is 4.98 Å². The van der Waals surface area contributed by atoms with Gasteiger partial charge in [-0.3, -0.25) is 4.79 Å². The molecule has 1 aromatic heterocycles. The van der Waals surface area contributed by atoms with Gasteiger partial charge in [0.05, 0.1) is 0 Å². The number of hydrogen-bond donors (Lipinski definition) is 1. The van der Waals surface area contributed by atoms with Crippen molar-refractivity contribution in [1.29, 1.82) is 0 Å². The summed E-state index contributed by atoms with van der Waals surface area (Å²) in [6.07, 6.45) is 0.549. The van der Waals surface area contributed by atoms with Crippen LogP contribution in [0.3, 0.4) is 0 Å². The quantitative estimate of drug-likeness (QED) is 0.493. The average Bonchev–Trinajstić information content (AvgIpc) is 3.25. The molecule has 0 bridgehead atoms. The summed E-state index contributed by atoms with van der Waals surface area (Å²) in [6, 6.07) is 24.9. The normalized spacial score (nSPS) is 11.8. The van der Waals surface area contributed by atoms with E-state index in [9.17, 15) is 4.79 Å². The second-order valence-corrected chi connectivity index (χ2v) is 7.41. The first-order valence-electron chi connectivity index (χ1n) is 9.90. The van der Waals surface area contributed by atoms with Gasteiger partial charge in [0.1, 0.15) is 6.04 Å². The molecule has 3 aromatic carbocycles. The van der Waals surface area contributed by atoms with Crippen molar-refractivity contribution in [2.24, 2.45) is 0 Å². The fourth-order valence-corrected chi connectivity index (χ4v) is 3.27. The zero-order chi connectivity index (χ0) is 20.9. The Kier molecular flexibility index (Phi) is 5.70. The topological polar surface area (TPSA) is 68.0 Å². The van der Waals surface area contributed by atoms with Gasteiger partial charge < -0.3 is 9.84 Å². The van der Waals surface area contributed by atoms with Crippen molar-refractivity contribution in [1.82, 2.24) is 15.5 Å². The molecule has 4 rings (SSSR count). The molecule has 0 aliphatic rings. The van der Waals surface area contributed by atoms with Crippen LogP contribution in [0.1, 0.15) is 39.0 Å². The Morgan fingerprint density at radius 3 is 2.43 bits per heavy atom. The SMILES string of the molecule is Cc1ccc(C(=O)N[C@H](Cc2ccccc2)c2nc(-c3cccc(C)c3)no2)cc1. The van der Waals surface area contributed by atoms with E-state index in [1.54, 1.807) is 0 Å². The van der Waals surface area contributed by atoms with E-state index >= 15 is 0 Å². The predicted octanol–water partition coefficient (Wildman–Crippen LogP) is 5.07. The van der Waals surface area contributed by atoms with Crippen LogP contribution in [0.5, 0.6) is 0 Å². The highest BCUT2D eigenvalue weighted by molar-refractivity contribution is 5.94. The summed E-state index contributed by atoms with van der Waals surface area (Å²) >= 11 is 0. The van der Waals surface area contributed by atoms with E-state index in [1.807, 2.05) is 92.7 Å². The number of carbonyl (C=O) groups excluding carboxylic acids is 1. The molecule has 0 saturated carbocycles. The van der Waals surface area contributed by atoms with E-state index in [2.05, 4.69) is 15.5 Å². The molecule has 5 heteroatoms. The molecule has 1 atom stereocenters. The van der Waals surface area contributed by atoms with Crippen LogP contribution in [0.15, 0.2) is 83.4 Å². The third-order valence-corrected chi connectivity index (χ3v) is 4.92. The molecule has 0 saturated heterocycles. The van der Waals surface area contributed by atoms with Crippen LogP contribution in [-0.2, 0) is 6.42 Å². The zero-order valence-electron chi connectivity index (χ0n) is 17.0. The second kappa shape index (κ2) is 8.74. The Labute approximate surface area is 175 Å². The van der Waals surface area contributed by atoms with Gasteiger partial charge in [-0.25, -0.2) is 0 Å². The Morgan fingerprint density at radius 1 is 0.933 bits per heavy atom. The second-order valence-electron chi connectivity index (χ2n) is 7.41. The molecule has 0 spiro atoms. The van der Waals surface area contributed by atoms with Crippen LogP contribution in [0.25, 0.3) is 11.4 Å². The van der Waals surface area contributed by atoms with E-state index in [4.69, 9.17) is 4.52 Å². The predicted molar refractivity (Wildman–Crippen MR) is 116 cm³/mol. The van der Waals surface area contributed by atoms with E-state index in [0.29, 0.717) is 23.7 Å². The minimum absolute atomic E-state index is 0.175. The van der Waals surface area contributed by atoms with Gasteiger partial charge in [-0.05, 0) is 37.6 Å². The molecule has 0 fully saturated rings. The number of benzene rings is 3. The molecule has 0 aliphatic heterocycles. The number of amides is 1. The lowest BCUT2D eigenvalue weighted by Gasteiger charge is -2.15. The van der Waals surface area contributed by atoms with Crippen LogP contribution in [0.4, 0.5) is 0 Å². The molecule has 0 radical (unpaired) electrons. The van der Waals surface area contributed by atoms with Crippen LogP contribution in [0.2, 0.25) is 0 Å². The first-order valence-corrected chi connectivity index (χ1v) is 9.90. The zero-order valence-corrected chi connectivity index (χ0v) is 17.0. The van der Waals surface area contributed by atoms with Crippen LogP contribution in [-0.4, -0.2) is 16.0 Å². The maximum atomic E-state index is 12.9. The highest BCUT2D eigenvalue weighted by Gasteiger charge is 2.23. The fourth-order valence-electron chi connectivity index (χ4n) is 3.27. The van der Waals surface area contributed by atoms with Gasteiger partial charge >= 0.3 is 0 Å². The van der Waals surface area contributed by atoms with Crippen LogP contribution >= 0.6 is 0 Å². The highest BCUT2D eigenvalue weighted by Crippen LogP contribution is 2.22. The van der Waals surface area contributed by atoms with Gasteiger partial charge in [-0.1, -0.05) is 76.9 Å². The largest absolute Gasteiger partial charge is 0.340 e. The van der Waals surface area contributed by atoms with Crippen molar-refractivity contribution in [2.45, 2.75) is 26.3 Å². The Balaban J connectivity index is 1.62. The minimum atomic E-state index is -0.438. The van der Waals surface area contributed by atoms with Gasteiger partial charge in [-0.15, -0.1) is 0 Å². The Bertz CT molecular complexity index is 1130. The van der Waals surface area contributed by atoms with Crippen molar-refractivity contribution in [2.75, 3.05) is 0 Å². The Morgan fingerprint density at radius 2 is 1.70 bits per heavy atom. The maximum Gasteiger partial charge on any atom is 0.251 e. The number of aromatic nitrogens is 2. The maximum absolute atomic E-state index is 12.9.